The lowest BCUT2D eigenvalue weighted by atomic mass is 10.1. The minimum atomic E-state index is -0.543. The molecule has 0 spiro atoms. The number of fused-ring (bicyclic) bond motifs is 2. The monoisotopic (exact) mass is 950 g/mol. The largest absolute Gasteiger partial charge is 0.489 e. The SMILES string of the molecule is CC(C)Oc1ccc(-c2nn(Cc3ccc4nc(-c5ccccc5)[nH]c4c3)c(=O)o2)cc1Cl.CNC(=O)N(CC(=O)c1ccc(OC(C)C)c(Cl)c1)Cc1ccc2nc(-c3ccccc3)[nH]c2c1. The van der Waals surface area contributed by atoms with Crippen LogP contribution in [0.2, 0.25) is 10.0 Å². The van der Waals surface area contributed by atoms with Gasteiger partial charge in [0.05, 0.1) is 57.4 Å². The van der Waals surface area contributed by atoms with Crippen LogP contribution in [0.25, 0.3) is 56.3 Å². The van der Waals surface area contributed by atoms with Crippen LogP contribution in [0.1, 0.15) is 49.2 Å². The smallest absolute Gasteiger partial charge is 0.437 e. The zero-order chi connectivity index (χ0) is 47.9. The van der Waals surface area contributed by atoms with E-state index in [1.54, 1.807) is 43.4 Å². The molecular weight excluding hydrogens is 904 g/mol. The Bertz CT molecular complexity index is 3270. The molecule has 6 aromatic carbocycles. The average molecular weight is 952 g/mol. The number of carbonyl (C=O) groups excluding carboxylic acids is 2. The van der Waals surface area contributed by atoms with Crippen LogP contribution in [0.5, 0.6) is 11.5 Å². The number of aromatic amines is 2. The number of hydrogen-bond acceptors (Lipinski definition) is 9. The number of amides is 2. The second-order valence-electron chi connectivity index (χ2n) is 16.4. The van der Waals surface area contributed by atoms with Crippen molar-refractivity contribution in [1.82, 2.24) is 39.9 Å². The lowest BCUT2D eigenvalue weighted by Gasteiger charge is -2.22. The number of H-pyrrole nitrogens is 2. The number of ether oxygens (including phenoxy) is 2. The topological polar surface area (TPSA) is 173 Å². The van der Waals surface area contributed by atoms with Gasteiger partial charge in [-0.25, -0.2) is 19.6 Å². The molecule has 0 unspecified atom stereocenters. The molecule has 3 aromatic heterocycles. The number of nitrogens with one attached hydrogen (secondary N) is 3. The zero-order valence-corrected chi connectivity index (χ0v) is 39.4. The van der Waals surface area contributed by atoms with E-state index in [0.717, 1.165) is 56.0 Å². The molecule has 0 bridgehead atoms. The van der Waals surface area contributed by atoms with Crippen molar-refractivity contribution in [3.05, 3.63) is 171 Å². The highest BCUT2D eigenvalue weighted by molar-refractivity contribution is 6.32. The van der Waals surface area contributed by atoms with Crippen LogP contribution in [0.4, 0.5) is 4.79 Å². The summed E-state index contributed by atoms with van der Waals surface area (Å²) in [6, 6.07) is 41.1. The van der Waals surface area contributed by atoms with E-state index < -0.39 is 5.76 Å². The summed E-state index contributed by atoms with van der Waals surface area (Å²) in [6.45, 7) is 8.07. The molecule has 2 amide bonds. The quantitative estimate of drug-likeness (QED) is 0.0897. The number of nitrogens with zero attached hydrogens (tertiary/aromatic N) is 5. The molecule has 346 valence electrons. The maximum atomic E-state index is 13.0. The Morgan fingerprint density at radius 2 is 1.24 bits per heavy atom. The number of urea groups is 1. The van der Waals surface area contributed by atoms with Crippen molar-refractivity contribution >= 4 is 57.1 Å². The predicted octanol–water partition coefficient (Wildman–Crippen LogP) is 11.2. The van der Waals surface area contributed by atoms with Gasteiger partial charge in [0.25, 0.3) is 0 Å². The summed E-state index contributed by atoms with van der Waals surface area (Å²) >= 11 is 12.6. The fraction of sp³-hybridized carbons (Fsp3) is 0.192. The maximum Gasteiger partial charge on any atom is 0.437 e. The first kappa shape index (κ1) is 46.8. The normalized spacial score (nSPS) is 11.2. The van der Waals surface area contributed by atoms with Gasteiger partial charge in [-0.15, -0.1) is 5.10 Å². The van der Waals surface area contributed by atoms with Crippen LogP contribution in [0, 0.1) is 0 Å². The van der Waals surface area contributed by atoms with Crippen molar-refractivity contribution < 1.29 is 23.5 Å². The van der Waals surface area contributed by atoms with Gasteiger partial charge in [0, 0.05) is 35.8 Å². The summed E-state index contributed by atoms with van der Waals surface area (Å²) in [5.74, 6) is 2.10. The van der Waals surface area contributed by atoms with Crippen molar-refractivity contribution in [1.29, 1.82) is 0 Å². The van der Waals surface area contributed by atoms with Crippen molar-refractivity contribution in [2.45, 2.75) is 53.0 Å². The van der Waals surface area contributed by atoms with Crippen molar-refractivity contribution in [2.24, 2.45) is 0 Å². The molecule has 0 atom stereocenters. The Kier molecular flexibility index (Phi) is 14.4. The van der Waals surface area contributed by atoms with E-state index in [1.807, 2.05) is 125 Å². The minimum absolute atomic E-state index is 0.00136. The molecule has 0 saturated carbocycles. The third-order valence-corrected chi connectivity index (χ3v) is 11.1. The van der Waals surface area contributed by atoms with Gasteiger partial charge in [-0.3, -0.25) is 4.79 Å². The number of halogens is 2. The summed E-state index contributed by atoms with van der Waals surface area (Å²) in [7, 11) is 1.54. The summed E-state index contributed by atoms with van der Waals surface area (Å²) in [6.07, 6.45) is -0.0322. The Hall–Kier alpha value is -7.68. The highest BCUT2D eigenvalue weighted by Crippen LogP contribution is 2.31. The second-order valence-corrected chi connectivity index (χ2v) is 17.2. The maximum absolute atomic E-state index is 13.0. The van der Waals surface area contributed by atoms with E-state index in [0.29, 0.717) is 32.7 Å². The first-order chi connectivity index (χ1) is 32.8. The minimum Gasteiger partial charge on any atom is -0.489 e. The first-order valence-electron chi connectivity index (χ1n) is 21.9. The lowest BCUT2D eigenvalue weighted by Crippen LogP contribution is -2.40. The standard InChI is InChI=1S/C27H27ClN4O3.C25H21ClN4O3/c1-17(2)35-25-12-10-20(14-21(25)28)24(33)16-32(27(34)29-3)15-18-9-11-22-23(13-18)31-26(30-22)19-7-5-4-6-8-19;1-15(2)32-22-11-9-18(13-19(22)26)24-29-30(25(31)33-24)14-16-8-10-20-21(12-16)28-23(27-20)17-6-4-3-5-7-17/h4-14,17H,15-16H2,1-3H3,(H,29,34)(H,30,31);3-13,15H,14H2,1-2H3,(H,27,28). The fourth-order valence-corrected chi connectivity index (χ4v) is 7.77. The Labute approximate surface area is 401 Å². The van der Waals surface area contributed by atoms with E-state index in [2.05, 4.69) is 30.4 Å². The molecule has 16 heteroatoms. The van der Waals surface area contributed by atoms with Gasteiger partial charge >= 0.3 is 11.8 Å². The van der Waals surface area contributed by atoms with Crippen LogP contribution in [-0.2, 0) is 13.1 Å². The first-order valence-corrected chi connectivity index (χ1v) is 22.6. The molecule has 0 radical (unpaired) electrons. The number of carbonyl (C=O) groups is 2. The molecule has 9 aromatic rings. The highest BCUT2D eigenvalue weighted by Gasteiger charge is 2.20. The van der Waals surface area contributed by atoms with Crippen LogP contribution in [0.15, 0.2) is 143 Å². The molecular formula is C52H48Cl2N8O6. The van der Waals surface area contributed by atoms with Gasteiger partial charge in [-0.05, 0) is 99.5 Å². The highest BCUT2D eigenvalue weighted by atomic mass is 35.5. The summed E-state index contributed by atoms with van der Waals surface area (Å²) in [4.78, 5) is 55.4. The van der Waals surface area contributed by atoms with Gasteiger partial charge in [0.15, 0.2) is 5.78 Å². The van der Waals surface area contributed by atoms with E-state index in [9.17, 15) is 14.4 Å². The molecule has 0 aliphatic rings. The number of aromatic nitrogens is 6. The van der Waals surface area contributed by atoms with Crippen molar-refractivity contribution in [3.63, 3.8) is 0 Å². The number of rotatable bonds is 14. The lowest BCUT2D eigenvalue weighted by molar-refractivity contribution is 0.0940. The van der Waals surface area contributed by atoms with Crippen LogP contribution in [0.3, 0.4) is 0 Å². The molecule has 0 fully saturated rings. The van der Waals surface area contributed by atoms with Crippen molar-refractivity contribution in [3.8, 4) is 45.7 Å². The molecule has 3 N–H and O–H groups in total. The molecule has 68 heavy (non-hydrogen) atoms. The number of hydrogen-bond donors (Lipinski definition) is 3. The van der Waals surface area contributed by atoms with Crippen LogP contribution < -0.4 is 20.5 Å². The third-order valence-electron chi connectivity index (χ3n) is 10.5. The van der Waals surface area contributed by atoms with E-state index in [-0.39, 0.29) is 49.5 Å². The Morgan fingerprint density at radius 1 is 0.691 bits per heavy atom. The molecule has 3 heterocycles. The number of imidazole rings is 2. The van der Waals surface area contributed by atoms with Gasteiger partial charge < -0.3 is 34.1 Å². The summed E-state index contributed by atoms with van der Waals surface area (Å²) in [5.41, 5.74) is 8.20. The van der Waals surface area contributed by atoms with Crippen LogP contribution >= 0.6 is 23.2 Å². The van der Waals surface area contributed by atoms with Gasteiger partial charge in [0.1, 0.15) is 23.1 Å². The van der Waals surface area contributed by atoms with E-state index >= 15 is 0 Å². The zero-order valence-electron chi connectivity index (χ0n) is 37.9. The molecule has 9 rings (SSSR count). The van der Waals surface area contributed by atoms with E-state index in [4.69, 9.17) is 37.1 Å². The predicted molar refractivity (Wildman–Crippen MR) is 266 cm³/mol. The fourth-order valence-electron chi connectivity index (χ4n) is 7.32. The van der Waals surface area contributed by atoms with Gasteiger partial charge in [-0.2, -0.15) is 4.68 Å². The summed E-state index contributed by atoms with van der Waals surface area (Å²) < 4.78 is 17.9. The summed E-state index contributed by atoms with van der Waals surface area (Å²) in [5, 5.41) is 7.75. The molecule has 14 nitrogen and oxygen atoms in total. The third kappa shape index (κ3) is 11.3. The van der Waals surface area contributed by atoms with Crippen molar-refractivity contribution in [2.75, 3.05) is 13.6 Å². The molecule has 0 saturated heterocycles. The Morgan fingerprint density at radius 3 is 1.78 bits per heavy atom. The Balaban J connectivity index is 0.000000184. The van der Waals surface area contributed by atoms with E-state index in [1.165, 1.54) is 9.58 Å². The second kappa shape index (κ2) is 20.9. The number of benzene rings is 6. The number of ketones is 1. The number of Topliss-reactive ketones (excluding diaryl/α,β-unsaturated/α-hetero) is 1. The molecule has 0 aliphatic carbocycles. The molecule has 0 aliphatic heterocycles. The van der Waals surface area contributed by atoms with Gasteiger partial charge in [0.2, 0.25) is 5.89 Å². The van der Waals surface area contributed by atoms with Crippen LogP contribution in [-0.4, -0.2) is 72.2 Å². The average Bonchev–Trinajstić information content (AvgIpc) is 4.07. The van der Waals surface area contributed by atoms with Gasteiger partial charge in [-0.1, -0.05) is 96.0 Å².